The van der Waals surface area contributed by atoms with E-state index in [1.54, 1.807) is 28.9 Å². The Bertz CT molecular complexity index is 1370. The normalized spacial score (nSPS) is 13.3. The molecule has 0 saturated heterocycles. The molecule has 0 amide bonds. The smallest absolute Gasteiger partial charge is 0.244 e. The number of pyridine rings is 1. The first-order valence-electron chi connectivity index (χ1n) is 8.85. The highest BCUT2D eigenvalue weighted by molar-refractivity contribution is 7.89. The minimum Gasteiger partial charge on any atom is -0.290 e. The Morgan fingerprint density at radius 2 is 1.87 bits per heavy atom. The molecule has 4 rings (SSSR count). The van der Waals surface area contributed by atoms with Gasteiger partial charge in [-0.2, -0.15) is 5.26 Å². The Labute approximate surface area is 180 Å². The topological polar surface area (TPSA) is 114 Å². The molecule has 0 bridgehead atoms. The van der Waals surface area contributed by atoms with Crippen LogP contribution in [0, 0.1) is 11.3 Å². The van der Waals surface area contributed by atoms with Crippen LogP contribution < -0.4 is 4.72 Å². The number of alkyl halides is 2. The van der Waals surface area contributed by atoms with Crippen LogP contribution in [0.4, 0.5) is 8.78 Å². The molecule has 3 aromatic heterocycles. The van der Waals surface area contributed by atoms with Crippen molar-refractivity contribution in [2.45, 2.75) is 10.9 Å². The van der Waals surface area contributed by atoms with Gasteiger partial charge in [-0.15, -0.1) is 0 Å². The highest BCUT2D eigenvalue weighted by Crippen LogP contribution is 2.36. The molecule has 3 heterocycles. The van der Waals surface area contributed by atoms with E-state index in [0.717, 1.165) is 18.1 Å². The number of rotatable bonds is 7. The van der Waals surface area contributed by atoms with E-state index in [-0.39, 0.29) is 16.3 Å². The fraction of sp³-hybridized carbons (Fsp3) is 0.158. The summed E-state index contributed by atoms with van der Waals surface area (Å²) >= 11 is 6.05. The van der Waals surface area contributed by atoms with Gasteiger partial charge in [0.05, 0.1) is 29.0 Å². The molecule has 31 heavy (non-hydrogen) atoms. The molecular formula is C19H13ClF2N6O2S. The molecule has 1 N–H and O–H groups in total. The van der Waals surface area contributed by atoms with Gasteiger partial charge in [0.2, 0.25) is 10.0 Å². The molecule has 158 valence electrons. The molecule has 0 saturated carbocycles. The van der Waals surface area contributed by atoms with Gasteiger partial charge in [0.25, 0.3) is 0 Å². The minimum atomic E-state index is -4.23. The fourth-order valence-corrected chi connectivity index (χ4v) is 4.26. The number of fused-ring (bicyclic) bond motifs is 1. The second-order valence-corrected chi connectivity index (χ2v) is 8.67. The van der Waals surface area contributed by atoms with E-state index in [2.05, 4.69) is 21.0 Å². The van der Waals surface area contributed by atoms with E-state index in [4.69, 9.17) is 11.6 Å². The third-order valence-corrected chi connectivity index (χ3v) is 6.21. The van der Waals surface area contributed by atoms with Gasteiger partial charge >= 0.3 is 0 Å². The van der Waals surface area contributed by atoms with Crippen LogP contribution in [0.5, 0.6) is 0 Å². The van der Waals surface area contributed by atoms with E-state index in [1.165, 1.54) is 6.20 Å². The number of halogens is 3. The van der Waals surface area contributed by atoms with Crippen molar-refractivity contribution in [2.75, 3.05) is 13.3 Å². The molecule has 12 heteroatoms. The van der Waals surface area contributed by atoms with Crippen molar-refractivity contribution in [1.29, 1.82) is 5.26 Å². The first-order chi connectivity index (χ1) is 14.9. The molecule has 0 unspecified atom stereocenters. The Kier molecular flexibility index (Phi) is 5.53. The van der Waals surface area contributed by atoms with Crippen LogP contribution in [0.15, 0.2) is 47.8 Å². The zero-order valence-electron chi connectivity index (χ0n) is 15.6. The van der Waals surface area contributed by atoms with Crippen LogP contribution in [-0.4, -0.2) is 47.3 Å². The highest BCUT2D eigenvalue weighted by atomic mass is 35.5. The van der Waals surface area contributed by atoms with Crippen molar-refractivity contribution in [3.05, 3.63) is 53.5 Å². The summed E-state index contributed by atoms with van der Waals surface area (Å²) in [6.45, 7) is -2.39. The van der Waals surface area contributed by atoms with Gasteiger partial charge in [0, 0.05) is 17.3 Å². The lowest BCUT2D eigenvalue weighted by atomic mass is 10.1. The molecule has 0 radical (unpaired) electrons. The molecule has 0 fully saturated rings. The van der Waals surface area contributed by atoms with E-state index >= 15 is 0 Å². The number of nitrogens with zero attached hydrogens (tertiary/aromatic N) is 5. The lowest BCUT2D eigenvalue weighted by Gasteiger charge is -2.14. The first kappa shape index (κ1) is 21.0. The minimum absolute atomic E-state index is 0.0679. The number of hydrogen-bond acceptors (Lipinski definition) is 6. The molecule has 0 aliphatic heterocycles. The number of allylic oxidation sites excluding steroid dienone is 4. The summed E-state index contributed by atoms with van der Waals surface area (Å²) in [5, 5.41) is 10.6. The van der Waals surface area contributed by atoms with Gasteiger partial charge in [-0.05, 0) is 18.2 Å². The van der Waals surface area contributed by atoms with Crippen molar-refractivity contribution in [3.63, 3.8) is 0 Å². The molecule has 1 aliphatic carbocycles. The van der Waals surface area contributed by atoms with Crippen LogP contribution in [-0.2, 0) is 10.0 Å². The fourth-order valence-electron chi connectivity index (χ4n) is 3.02. The lowest BCUT2D eigenvalue weighted by molar-refractivity contribution is 0.334. The predicted molar refractivity (Wildman–Crippen MR) is 110 cm³/mol. The van der Waals surface area contributed by atoms with Crippen LogP contribution in [0.25, 0.3) is 28.2 Å². The van der Waals surface area contributed by atoms with Gasteiger partial charge in [-0.3, -0.25) is 4.57 Å². The Balaban J connectivity index is 1.84. The summed E-state index contributed by atoms with van der Waals surface area (Å²) in [4.78, 5) is 12.2. The van der Waals surface area contributed by atoms with Gasteiger partial charge in [-0.1, -0.05) is 17.7 Å². The van der Waals surface area contributed by atoms with Crippen LogP contribution in [0.1, 0.15) is 5.56 Å². The lowest BCUT2D eigenvalue weighted by Crippen LogP contribution is -2.38. The van der Waals surface area contributed by atoms with Crippen molar-refractivity contribution in [2.24, 2.45) is 0 Å². The maximum atomic E-state index is 12.7. The number of hydrogen-bond donors (Lipinski definition) is 1. The molecule has 0 aromatic carbocycles. The first-order valence-corrected chi connectivity index (χ1v) is 10.7. The number of nitrogens with one attached hydrogen (secondary N) is 1. The SMILES string of the molecule is N#Cc1c(-c2ncc(S(=O)(=O)NC(CF)CF)cn2)n(C2=CC=C2)c2ncc(Cl)cc12. The Hall–Kier alpha value is -3.20. The Morgan fingerprint density at radius 1 is 1.19 bits per heavy atom. The maximum Gasteiger partial charge on any atom is 0.244 e. The molecular weight excluding hydrogens is 450 g/mol. The average molecular weight is 463 g/mol. The van der Waals surface area contributed by atoms with Crippen LogP contribution >= 0.6 is 11.6 Å². The summed E-state index contributed by atoms with van der Waals surface area (Å²) in [6.07, 6.45) is 8.87. The molecule has 0 atom stereocenters. The summed E-state index contributed by atoms with van der Waals surface area (Å²) in [5.74, 6) is 0.0679. The third kappa shape index (κ3) is 3.69. The average Bonchev–Trinajstić information content (AvgIpc) is 3.04. The number of sulfonamides is 1. The molecule has 3 aromatic rings. The zero-order chi connectivity index (χ0) is 22.2. The quantitative estimate of drug-likeness (QED) is 0.577. The van der Waals surface area contributed by atoms with E-state index in [0.29, 0.717) is 21.7 Å². The zero-order valence-corrected chi connectivity index (χ0v) is 17.2. The van der Waals surface area contributed by atoms with Crippen molar-refractivity contribution >= 4 is 38.4 Å². The summed E-state index contributed by atoms with van der Waals surface area (Å²) in [6, 6.07) is 2.21. The van der Waals surface area contributed by atoms with E-state index in [9.17, 15) is 22.5 Å². The maximum absolute atomic E-state index is 12.7. The standard InChI is InChI=1S/C19H13ClF2N6O2S/c20-11-4-15-16(7-23)17(28(13-2-1-3-13)19(15)26-8-11)18-24-9-14(10-25-18)31(29,30)27-12(5-21)6-22/h1-4,8-10,12,27H,5-6H2. The van der Waals surface area contributed by atoms with Crippen molar-refractivity contribution in [3.8, 4) is 17.6 Å². The monoisotopic (exact) mass is 462 g/mol. The molecule has 8 nitrogen and oxygen atoms in total. The van der Waals surface area contributed by atoms with Gasteiger partial charge in [-0.25, -0.2) is 36.9 Å². The summed E-state index contributed by atoms with van der Waals surface area (Å²) in [5.41, 5.74) is 1.72. The summed E-state index contributed by atoms with van der Waals surface area (Å²) in [7, 11) is -4.23. The predicted octanol–water partition coefficient (Wildman–Crippen LogP) is 3.01. The van der Waals surface area contributed by atoms with Crippen molar-refractivity contribution in [1.82, 2.24) is 24.2 Å². The van der Waals surface area contributed by atoms with Gasteiger partial charge in [0.1, 0.15) is 35.7 Å². The van der Waals surface area contributed by atoms with Gasteiger partial charge < -0.3 is 0 Å². The van der Waals surface area contributed by atoms with Gasteiger partial charge in [0.15, 0.2) is 5.82 Å². The van der Waals surface area contributed by atoms with E-state index in [1.807, 2.05) is 4.72 Å². The Morgan fingerprint density at radius 3 is 2.42 bits per heavy atom. The summed E-state index contributed by atoms with van der Waals surface area (Å²) < 4.78 is 53.6. The van der Waals surface area contributed by atoms with Crippen LogP contribution in [0.2, 0.25) is 5.02 Å². The second kappa shape index (κ2) is 8.14. The van der Waals surface area contributed by atoms with E-state index < -0.39 is 29.4 Å². The third-order valence-electron chi connectivity index (χ3n) is 4.52. The highest BCUT2D eigenvalue weighted by Gasteiger charge is 2.26. The van der Waals surface area contributed by atoms with Crippen LogP contribution in [0.3, 0.4) is 0 Å². The number of aromatic nitrogens is 4. The molecule has 0 spiro atoms. The molecule has 1 aliphatic rings. The van der Waals surface area contributed by atoms with Crippen molar-refractivity contribution < 1.29 is 17.2 Å². The number of nitriles is 1. The largest absolute Gasteiger partial charge is 0.290 e. The second-order valence-electron chi connectivity index (χ2n) is 6.52.